The fourth-order valence-electron chi connectivity index (χ4n) is 1.52. The van der Waals surface area contributed by atoms with Crippen LogP contribution in [0.15, 0.2) is 24.5 Å². The van der Waals surface area contributed by atoms with Crippen molar-refractivity contribution in [1.82, 2.24) is 9.97 Å². The molecule has 2 aromatic rings. The van der Waals surface area contributed by atoms with E-state index in [4.69, 9.17) is 5.26 Å². The molecule has 22 heavy (non-hydrogen) atoms. The van der Waals surface area contributed by atoms with Crippen LogP contribution in [-0.2, 0) is 6.18 Å². The van der Waals surface area contributed by atoms with Gasteiger partial charge in [0.2, 0.25) is 0 Å². The normalized spacial score (nSPS) is 10.5. The van der Waals surface area contributed by atoms with Gasteiger partial charge in [-0.25, -0.2) is 13.8 Å². The monoisotopic (exact) mass is 315 g/mol. The van der Waals surface area contributed by atoms with Crippen LogP contribution in [-0.4, -0.2) is 9.97 Å². The maximum absolute atomic E-state index is 13.8. The average Bonchev–Trinajstić information content (AvgIpc) is 2.49. The summed E-state index contributed by atoms with van der Waals surface area (Å²) in [6, 6.07) is 2.89. The second kappa shape index (κ2) is 6.93. The van der Waals surface area contributed by atoms with Gasteiger partial charge in [-0.2, -0.15) is 18.4 Å². The lowest BCUT2D eigenvalue weighted by molar-refractivity contribution is -0.141. The molecule has 0 spiro atoms. The highest BCUT2D eigenvalue weighted by Gasteiger charge is 2.32. The standard InChI is InChI=1S/C12H4F5N3.C2H6/c13-7-5-19-8(3-18)11(14)10(7)6-1-2-9(20-4-6)12(15,16)17;1-2/h1-2,4-5H;1-2H3. The Labute approximate surface area is 123 Å². The molecule has 2 heterocycles. The first-order valence-corrected chi connectivity index (χ1v) is 6.12. The van der Waals surface area contributed by atoms with Crippen LogP contribution in [0.2, 0.25) is 0 Å². The predicted octanol–water partition coefficient (Wildman–Crippen LogP) is 4.34. The molecule has 0 atom stereocenters. The third-order valence-corrected chi connectivity index (χ3v) is 2.42. The van der Waals surface area contributed by atoms with Crippen LogP contribution in [0.5, 0.6) is 0 Å². The van der Waals surface area contributed by atoms with Crippen molar-refractivity contribution >= 4 is 0 Å². The van der Waals surface area contributed by atoms with Crippen molar-refractivity contribution in [3.63, 3.8) is 0 Å². The van der Waals surface area contributed by atoms with Crippen LogP contribution < -0.4 is 0 Å². The van der Waals surface area contributed by atoms with Crippen molar-refractivity contribution < 1.29 is 22.0 Å². The second-order valence-corrected chi connectivity index (χ2v) is 3.69. The predicted molar refractivity (Wildman–Crippen MR) is 68.4 cm³/mol. The summed E-state index contributed by atoms with van der Waals surface area (Å²) in [4.78, 5) is 6.33. The van der Waals surface area contributed by atoms with E-state index in [9.17, 15) is 22.0 Å². The minimum atomic E-state index is -4.65. The molecule has 116 valence electrons. The van der Waals surface area contributed by atoms with Gasteiger partial charge in [0.1, 0.15) is 11.8 Å². The van der Waals surface area contributed by atoms with Crippen molar-refractivity contribution in [3.05, 3.63) is 47.5 Å². The summed E-state index contributed by atoms with van der Waals surface area (Å²) in [5, 5.41) is 8.59. The zero-order valence-electron chi connectivity index (χ0n) is 11.5. The fraction of sp³-hybridized carbons (Fsp3) is 0.214. The highest BCUT2D eigenvalue weighted by atomic mass is 19.4. The molecule has 0 aromatic carbocycles. The minimum Gasteiger partial charge on any atom is -0.251 e. The summed E-state index contributed by atoms with van der Waals surface area (Å²) in [6.07, 6.45) is -3.34. The van der Waals surface area contributed by atoms with Gasteiger partial charge < -0.3 is 0 Å². The van der Waals surface area contributed by atoms with E-state index in [0.29, 0.717) is 18.5 Å². The van der Waals surface area contributed by atoms with Gasteiger partial charge in [0.25, 0.3) is 0 Å². The van der Waals surface area contributed by atoms with Crippen molar-refractivity contribution in [2.45, 2.75) is 20.0 Å². The fourth-order valence-corrected chi connectivity index (χ4v) is 1.52. The molecule has 0 aliphatic heterocycles. The first kappa shape index (κ1) is 17.5. The van der Waals surface area contributed by atoms with Crippen LogP contribution in [0, 0.1) is 23.0 Å². The van der Waals surface area contributed by atoms with Gasteiger partial charge in [0.15, 0.2) is 17.3 Å². The van der Waals surface area contributed by atoms with Crippen molar-refractivity contribution in [1.29, 1.82) is 5.26 Å². The lowest BCUT2D eigenvalue weighted by Gasteiger charge is -2.08. The number of alkyl halides is 3. The Morgan fingerprint density at radius 1 is 1.05 bits per heavy atom. The number of nitrogens with zero attached hydrogens (tertiary/aromatic N) is 3. The number of hydrogen-bond acceptors (Lipinski definition) is 3. The molecule has 0 bridgehead atoms. The number of nitriles is 1. The summed E-state index contributed by atoms with van der Waals surface area (Å²) >= 11 is 0. The number of aromatic nitrogens is 2. The number of halogens is 5. The van der Waals surface area contributed by atoms with Gasteiger partial charge in [0, 0.05) is 11.8 Å². The van der Waals surface area contributed by atoms with Crippen LogP contribution in [0.3, 0.4) is 0 Å². The van der Waals surface area contributed by atoms with Crippen LogP contribution in [0.25, 0.3) is 11.1 Å². The van der Waals surface area contributed by atoms with Gasteiger partial charge >= 0.3 is 6.18 Å². The van der Waals surface area contributed by atoms with Crippen molar-refractivity contribution in [2.75, 3.05) is 0 Å². The zero-order chi connectivity index (χ0) is 16.9. The average molecular weight is 315 g/mol. The summed E-state index contributed by atoms with van der Waals surface area (Å²) in [6.45, 7) is 4.00. The molecule has 0 saturated carbocycles. The van der Waals surface area contributed by atoms with E-state index in [-0.39, 0.29) is 5.56 Å². The third-order valence-electron chi connectivity index (χ3n) is 2.42. The van der Waals surface area contributed by atoms with E-state index in [0.717, 1.165) is 6.07 Å². The molecule has 0 amide bonds. The molecule has 3 nitrogen and oxygen atoms in total. The van der Waals surface area contributed by atoms with Crippen LogP contribution in [0.1, 0.15) is 25.2 Å². The Hall–Kier alpha value is -2.56. The maximum Gasteiger partial charge on any atom is 0.433 e. The molecule has 2 aromatic heterocycles. The van der Waals surface area contributed by atoms with E-state index in [2.05, 4.69) is 9.97 Å². The van der Waals surface area contributed by atoms with Gasteiger partial charge in [-0.1, -0.05) is 19.9 Å². The van der Waals surface area contributed by atoms with Crippen molar-refractivity contribution in [2.24, 2.45) is 0 Å². The highest BCUT2D eigenvalue weighted by Crippen LogP contribution is 2.31. The number of hydrogen-bond donors (Lipinski definition) is 0. The first-order valence-electron chi connectivity index (χ1n) is 6.12. The van der Waals surface area contributed by atoms with E-state index in [1.165, 1.54) is 6.07 Å². The minimum absolute atomic E-state index is 0.216. The molecule has 0 aliphatic carbocycles. The van der Waals surface area contributed by atoms with E-state index < -0.39 is 34.8 Å². The lowest BCUT2D eigenvalue weighted by Crippen LogP contribution is -2.07. The quantitative estimate of drug-likeness (QED) is 0.736. The Morgan fingerprint density at radius 3 is 2.14 bits per heavy atom. The molecule has 0 aliphatic rings. The Bertz CT molecular complexity index is 687. The molecule has 0 unspecified atom stereocenters. The Morgan fingerprint density at radius 2 is 1.68 bits per heavy atom. The lowest BCUT2D eigenvalue weighted by atomic mass is 10.1. The van der Waals surface area contributed by atoms with Gasteiger partial charge in [0.05, 0.1) is 11.8 Å². The van der Waals surface area contributed by atoms with Gasteiger partial charge in [-0.15, -0.1) is 0 Å². The molecular formula is C14H10F5N3. The molecule has 0 saturated heterocycles. The highest BCUT2D eigenvalue weighted by molar-refractivity contribution is 5.65. The third kappa shape index (κ3) is 3.55. The first-order chi connectivity index (χ1) is 10.3. The summed E-state index contributed by atoms with van der Waals surface area (Å²) in [5.74, 6) is -2.34. The molecule has 0 fully saturated rings. The largest absolute Gasteiger partial charge is 0.433 e. The maximum atomic E-state index is 13.8. The van der Waals surface area contributed by atoms with Gasteiger partial charge in [-0.3, -0.25) is 4.98 Å². The van der Waals surface area contributed by atoms with Crippen LogP contribution in [0.4, 0.5) is 22.0 Å². The van der Waals surface area contributed by atoms with E-state index in [1.54, 1.807) is 0 Å². The second-order valence-electron chi connectivity index (χ2n) is 3.69. The summed E-state index contributed by atoms with van der Waals surface area (Å²) in [7, 11) is 0. The molecule has 8 heteroatoms. The number of pyridine rings is 2. The van der Waals surface area contributed by atoms with Crippen LogP contribution >= 0.6 is 0 Å². The Kier molecular flexibility index (Phi) is 5.51. The molecule has 0 N–H and O–H groups in total. The molecular weight excluding hydrogens is 305 g/mol. The smallest absolute Gasteiger partial charge is 0.251 e. The molecule has 0 radical (unpaired) electrons. The van der Waals surface area contributed by atoms with E-state index in [1.807, 2.05) is 13.8 Å². The SMILES string of the molecule is CC.N#Cc1ncc(F)c(-c2ccc(C(F)(F)F)nc2)c1F. The zero-order valence-corrected chi connectivity index (χ0v) is 11.5. The Balaban J connectivity index is 0.00000116. The van der Waals surface area contributed by atoms with Crippen molar-refractivity contribution in [3.8, 4) is 17.2 Å². The van der Waals surface area contributed by atoms with Gasteiger partial charge in [-0.05, 0) is 6.07 Å². The summed E-state index contributed by atoms with van der Waals surface area (Å²) < 4.78 is 64.3. The number of rotatable bonds is 1. The molecule has 2 rings (SSSR count). The topological polar surface area (TPSA) is 49.6 Å². The summed E-state index contributed by atoms with van der Waals surface area (Å²) in [5.41, 5.74) is -2.69. The van der Waals surface area contributed by atoms with E-state index >= 15 is 0 Å².